The van der Waals surface area contributed by atoms with Crippen molar-refractivity contribution in [3.05, 3.63) is 101 Å². The molecule has 2 aromatic carbocycles. The highest BCUT2D eigenvalue weighted by Crippen LogP contribution is 2.33. The average molecular weight is 532 g/mol. The molecular formula is C27H19F3N6O3. The summed E-state index contributed by atoms with van der Waals surface area (Å²) in [5.74, 6) is -1.06. The van der Waals surface area contributed by atoms with E-state index >= 15 is 0 Å². The highest BCUT2D eigenvalue weighted by molar-refractivity contribution is 5.95. The van der Waals surface area contributed by atoms with E-state index in [0.717, 1.165) is 6.07 Å². The van der Waals surface area contributed by atoms with Crippen LogP contribution in [-0.4, -0.2) is 36.5 Å². The van der Waals surface area contributed by atoms with E-state index in [1.807, 2.05) is 0 Å². The molecule has 0 unspecified atom stereocenters. The van der Waals surface area contributed by atoms with Crippen LogP contribution in [0.3, 0.4) is 0 Å². The Morgan fingerprint density at radius 3 is 2.26 bits per heavy atom. The van der Waals surface area contributed by atoms with Gasteiger partial charge < -0.3 is 16.2 Å². The number of nitrogen functional groups attached to an aromatic ring is 1. The first-order valence-electron chi connectivity index (χ1n) is 11.5. The number of alkyl halides is 3. The van der Waals surface area contributed by atoms with Gasteiger partial charge in [0.2, 0.25) is 0 Å². The summed E-state index contributed by atoms with van der Waals surface area (Å²) >= 11 is 0. The molecule has 4 N–H and O–H groups in total. The van der Waals surface area contributed by atoms with E-state index in [2.05, 4.69) is 20.3 Å². The minimum absolute atomic E-state index is 0.00561. The van der Waals surface area contributed by atoms with E-state index in [9.17, 15) is 22.8 Å². The second-order valence-electron chi connectivity index (χ2n) is 8.48. The molecule has 0 atom stereocenters. The van der Waals surface area contributed by atoms with Gasteiger partial charge in [0.15, 0.2) is 11.5 Å². The van der Waals surface area contributed by atoms with Crippen LogP contribution in [0.1, 0.15) is 32.0 Å². The third-order valence-electron chi connectivity index (χ3n) is 5.92. The van der Waals surface area contributed by atoms with E-state index < -0.39 is 23.7 Å². The number of pyridine rings is 2. The summed E-state index contributed by atoms with van der Waals surface area (Å²) in [6.45, 7) is 0.156. The quantitative estimate of drug-likeness (QED) is 0.288. The number of halogens is 3. The standard InChI is InChI=1S/C27H19F3N6O3/c28-27(29,30)21-12-11-20-24(35-21)36(23(34-20)19-2-1-13-32-22(19)31)18-9-3-15(4-10-18)14-33-25(37)16-5-7-17(8-6-16)26(38)39/h1-13H,14H2,(H2,31,32)(H,33,37)(H,38,39). The number of anilines is 1. The number of aromatic carboxylic acids is 1. The number of rotatable bonds is 6. The van der Waals surface area contributed by atoms with Crippen molar-refractivity contribution in [1.82, 2.24) is 24.8 Å². The van der Waals surface area contributed by atoms with Gasteiger partial charge in [-0.2, -0.15) is 13.2 Å². The summed E-state index contributed by atoms with van der Waals surface area (Å²) in [6, 6.07) is 17.7. The normalized spacial score (nSPS) is 11.5. The second kappa shape index (κ2) is 9.89. The Hall–Kier alpha value is -5.26. The van der Waals surface area contributed by atoms with Crippen LogP contribution in [0.15, 0.2) is 79.0 Å². The molecule has 0 bridgehead atoms. The van der Waals surface area contributed by atoms with Crippen molar-refractivity contribution in [3.63, 3.8) is 0 Å². The molecule has 1 amide bonds. The molecule has 0 radical (unpaired) electrons. The first-order chi connectivity index (χ1) is 18.6. The number of hydrogen-bond acceptors (Lipinski definition) is 6. The highest BCUT2D eigenvalue weighted by atomic mass is 19.4. The third kappa shape index (κ3) is 5.12. The average Bonchev–Trinajstić information content (AvgIpc) is 3.30. The number of carboxylic acids is 1. The van der Waals surface area contributed by atoms with Gasteiger partial charge in [0.05, 0.1) is 11.1 Å². The summed E-state index contributed by atoms with van der Waals surface area (Å²) in [6.07, 6.45) is -3.15. The molecule has 9 nitrogen and oxygen atoms in total. The molecule has 39 heavy (non-hydrogen) atoms. The molecule has 3 heterocycles. The van der Waals surface area contributed by atoms with Gasteiger partial charge >= 0.3 is 12.1 Å². The molecule has 196 valence electrons. The molecule has 0 saturated carbocycles. The maximum atomic E-state index is 13.4. The zero-order valence-corrected chi connectivity index (χ0v) is 20.0. The fraction of sp³-hybridized carbons (Fsp3) is 0.0741. The Kier molecular flexibility index (Phi) is 6.44. The van der Waals surface area contributed by atoms with Crippen molar-refractivity contribution in [2.24, 2.45) is 0 Å². The van der Waals surface area contributed by atoms with Gasteiger partial charge in [-0.3, -0.25) is 9.36 Å². The summed E-state index contributed by atoms with van der Waals surface area (Å²) < 4.78 is 41.8. The van der Waals surface area contributed by atoms with Crippen LogP contribution < -0.4 is 11.1 Å². The Bertz CT molecular complexity index is 1700. The van der Waals surface area contributed by atoms with Crippen LogP contribution >= 0.6 is 0 Å². The first-order valence-corrected chi connectivity index (χ1v) is 11.5. The van der Waals surface area contributed by atoms with E-state index in [0.29, 0.717) is 22.4 Å². The number of fused-ring (bicyclic) bond motifs is 1. The monoisotopic (exact) mass is 532 g/mol. The van der Waals surface area contributed by atoms with E-state index in [1.54, 1.807) is 36.4 Å². The molecule has 0 aliphatic rings. The Morgan fingerprint density at radius 1 is 0.923 bits per heavy atom. The maximum Gasteiger partial charge on any atom is 0.433 e. The third-order valence-corrected chi connectivity index (χ3v) is 5.92. The van der Waals surface area contributed by atoms with Crippen molar-refractivity contribution in [2.45, 2.75) is 12.7 Å². The van der Waals surface area contributed by atoms with Gasteiger partial charge in [-0.1, -0.05) is 12.1 Å². The van der Waals surface area contributed by atoms with Gasteiger partial charge in [0.1, 0.15) is 17.0 Å². The van der Waals surface area contributed by atoms with Crippen molar-refractivity contribution < 1.29 is 27.9 Å². The summed E-state index contributed by atoms with van der Waals surface area (Å²) in [5, 5.41) is 11.7. The zero-order chi connectivity index (χ0) is 27.7. The molecular weight excluding hydrogens is 513 g/mol. The number of carbonyl (C=O) groups is 2. The number of imidazole rings is 1. The van der Waals surface area contributed by atoms with Crippen molar-refractivity contribution in [2.75, 3.05) is 5.73 Å². The Balaban J connectivity index is 1.46. The molecule has 3 aromatic heterocycles. The van der Waals surface area contributed by atoms with Crippen LogP contribution in [0.2, 0.25) is 0 Å². The first kappa shape index (κ1) is 25.4. The summed E-state index contributed by atoms with van der Waals surface area (Å²) in [5.41, 5.74) is 7.21. The minimum atomic E-state index is -4.65. The molecule has 0 fully saturated rings. The topological polar surface area (TPSA) is 136 Å². The number of nitrogens with two attached hydrogens (primary N) is 1. The van der Waals surface area contributed by atoms with Gasteiger partial charge in [0, 0.05) is 24.0 Å². The largest absolute Gasteiger partial charge is 0.478 e. The fourth-order valence-corrected chi connectivity index (χ4v) is 3.96. The SMILES string of the molecule is Nc1ncccc1-c1nc2ccc(C(F)(F)F)nc2n1-c1ccc(CNC(=O)c2ccc(C(=O)O)cc2)cc1. The van der Waals surface area contributed by atoms with Crippen molar-refractivity contribution in [3.8, 4) is 17.1 Å². The number of nitrogens with one attached hydrogen (secondary N) is 1. The number of hydrogen-bond donors (Lipinski definition) is 3. The lowest BCUT2D eigenvalue weighted by molar-refractivity contribution is -0.141. The van der Waals surface area contributed by atoms with Gasteiger partial charge in [-0.15, -0.1) is 0 Å². The predicted octanol–water partition coefficient (Wildman–Crippen LogP) is 4.71. The lowest BCUT2D eigenvalue weighted by Gasteiger charge is -2.12. The van der Waals surface area contributed by atoms with Crippen LogP contribution in [-0.2, 0) is 12.7 Å². The molecule has 12 heteroatoms. The predicted molar refractivity (Wildman–Crippen MR) is 136 cm³/mol. The smallest absolute Gasteiger partial charge is 0.433 e. The van der Waals surface area contributed by atoms with Gasteiger partial charge in [0.25, 0.3) is 5.91 Å². The molecule has 5 aromatic rings. The number of benzene rings is 2. The summed E-state index contributed by atoms with van der Waals surface area (Å²) in [4.78, 5) is 35.9. The molecule has 5 rings (SSSR count). The van der Waals surface area contributed by atoms with Gasteiger partial charge in [-0.25, -0.2) is 19.7 Å². The Labute approximate surface area is 218 Å². The van der Waals surface area contributed by atoms with Crippen LogP contribution in [0.4, 0.5) is 19.0 Å². The lowest BCUT2D eigenvalue weighted by atomic mass is 10.1. The Morgan fingerprint density at radius 2 is 1.62 bits per heavy atom. The van der Waals surface area contributed by atoms with Crippen LogP contribution in [0.5, 0.6) is 0 Å². The molecule has 0 saturated heterocycles. The van der Waals surface area contributed by atoms with Crippen molar-refractivity contribution >= 4 is 28.9 Å². The number of amides is 1. The number of aromatic nitrogens is 4. The maximum absolute atomic E-state index is 13.4. The minimum Gasteiger partial charge on any atom is -0.478 e. The highest BCUT2D eigenvalue weighted by Gasteiger charge is 2.33. The molecule has 0 aliphatic heterocycles. The molecule has 0 aliphatic carbocycles. The van der Waals surface area contributed by atoms with E-state index in [-0.39, 0.29) is 34.9 Å². The van der Waals surface area contributed by atoms with Crippen molar-refractivity contribution in [1.29, 1.82) is 0 Å². The zero-order valence-electron chi connectivity index (χ0n) is 20.0. The van der Waals surface area contributed by atoms with Gasteiger partial charge in [-0.05, 0) is 66.2 Å². The fourth-order valence-electron chi connectivity index (χ4n) is 3.96. The van der Waals surface area contributed by atoms with Crippen LogP contribution in [0.25, 0.3) is 28.2 Å². The number of nitrogens with zero attached hydrogens (tertiary/aromatic N) is 4. The number of carboxylic acid groups (broad SMARTS) is 1. The van der Waals surface area contributed by atoms with E-state index in [1.165, 1.54) is 41.1 Å². The lowest BCUT2D eigenvalue weighted by Crippen LogP contribution is -2.22. The number of carbonyl (C=O) groups excluding carboxylic acids is 1. The van der Waals surface area contributed by atoms with E-state index in [4.69, 9.17) is 10.8 Å². The van der Waals surface area contributed by atoms with Crippen LogP contribution in [0, 0.1) is 0 Å². The summed E-state index contributed by atoms with van der Waals surface area (Å²) in [7, 11) is 0. The second-order valence-corrected chi connectivity index (χ2v) is 8.48. The molecule has 0 spiro atoms.